The van der Waals surface area contributed by atoms with Crippen molar-refractivity contribution >= 4 is 11.9 Å². The van der Waals surface area contributed by atoms with Gasteiger partial charge in [0.15, 0.2) is 5.69 Å². The molecular formula is C14H15FN4O4. The van der Waals surface area contributed by atoms with Gasteiger partial charge in [-0.2, -0.15) is 0 Å². The van der Waals surface area contributed by atoms with Crippen molar-refractivity contribution in [1.82, 2.24) is 20.3 Å². The number of nitrogens with zero attached hydrogens (tertiary/aromatic N) is 3. The van der Waals surface area contributed by atoms with E-state index in [9.17, 15) is 14.0 Å². The molecule has 0 spiro atoms. The summed E-state index contributed by atoms with van der Waals surface area (Å²) in [6.45, 7) is 1.84. The summed E-state index contributed by atoms with van der Waals surface area (Å²) in [5.74, 6) is -1.43. The average molecular weight is 322 g/mol. The molecule has 0 fully saturated rings. The fraction of sp³-hybridized carbons (Fsp3) is 0.286. The fourth-order valence-corrected chi connectivity index (χ4v) is 1.72. The van der Waals surface area contributed by atoms with Gasteiger partial charge in [0.05, 0.1) is 12.7 Å². The van der Waals surface area contributed by atoms with Crippen LogP contribution in [-0.4, -0.2) is 44.6 Å². The third-order valence-corrected chi connectivity index (χ3v) is 2.80. The van der Waals surface area contributed by atoms with Crippen molar-refractivity contribution in [1.29, 1.82) is 0 Å². The normalized spacial score (nSPS) is 11.7. The van der Waals surface area contributed by atoms with Crippen LogP contribution in [0, 0.1) is 5.82 Å². The minimum atomic E-state index is -1.21. The zero-order chi connectivity index (χ0) is 16.8. The Balaban J connectivity index is 1.76. The number of carbonyl (C=O) groups is 2. The molecule has 1 aromatic heterocycles. The summed E-state index contributed by atoms with van der Waals surface area (Å²) in [5.41, 5.74) is -0.231. The lowest BCUT2D eigenvalue weighted by Gasteiger charge is -2.15. The lowest BCUT2D eigenvalue weighted by Crippen LogP contribution is -2.35. The number of aromatic carboxylic acids is 1. The van der Waals surface area contributed by atoms with E-state index < -0.39 is 5.97 Å². The third kappa shape index (κ3) is 5.06. The van der Waals surface area contributed by atoms with E-state index >= 15 is 0 Å². The van der Waals surface area contributed by atoms with Crippen molar-refractivity contribution in [3.63, 3.8) is 0 Å². The molecule has 0 saturated carbocycles. The van der Waals surface area contributed by atoms with Gasteiger partial charge in [0.25, 0.3) is 0 Å². The van der Waals surface area contributed by atoms with Gasteiger partial charge >= 0.3 is 5.97 Å². The van der Waals surface area contributed by atoms with E-state index in [0.29, 0.717) is 5.75 Å². The molecule has 122 valence electrons. The van der Waals surface area contributed by atoms with Crippen LogP contribution in [0.5, 0.6) is 5.75 Å². The fourth-order valence-electron chi connectivity index (χ4n) is 1.72. The predicted molar refractivity (Wildman–Crippen MR) is 76.5 cm³/mol. The van der Waals surface area contributed by atoms with Gasteiger partial charge in [-0.25, -0.2) is 13.9 Å². The van der Waals surface area contributed by atoms with Gasteiger partial charge in [-0.1, -0.05) is 5.21 Å². The first kappa shape index (κ1) is 16.4. The first-order valence-electron chi connectivity index (χ1n) is 6.76. The summed E-state index contributed by atoms with van der Waals surface area (Å²) in [7, 11) is 0. The van der Waals surface area contributed by atoms with Crippen molar-refractivity contribution in [2.45, 2.75) is 19.6 Å². The Bertz CT molecular complexity index is 686. The number of carbonyl (C=O) groups excluding carboxylic acids is 1. The summed E-state index contributed by atoms with van der Waals surface area (Å²) >= 11 is 0. The molecule has 0 saturated heterocycles. The minimum Gasteiger partial charge on any atom is -0.489 e. The van der Waals surface area contributed by atoms with E-state index in [0.717, 1.165) is 4.68 Å². The molecule has 1 aromatic carbocycles. The highest BCUT2D eigenvalue weighted by Crippen LogP contribution is 2.12. The van der Waals surface area contributed by atoms with Crippen molar-refractivity contribution in [3.8, 4) is 5.75 Å². The van der Waals surface area contributed by atoms with Crippen molar-refractivity contribution in [2.24, 2.45) is 0 Å². The highest BCUT2D eigenvalue weighted by molar-refractivity contribution is 5.84. The first-order chi connectivity index (χ1) is 10.9. The van der Waals surface area contributed by atoms with Gasteiger partial charge in [0, 0.05) is 0 Å². The van der Waals surface area contributed by atoms with E-state index in [4.69, 9.17) is 9.84 Å². The molecule has 2 rings (SSSR count). The molecule has 1 heterocycles. The van der Waals surface area contributed by atoms with Crippen LogP contribution in [0.2, 0.25) is 0 Å². The molecular weight excluding hydrogens is 307 g/mol. The van der Waals surface area contributed by atoms with E-state index in [-0.39, 0.29) is 36.6 Å². The molecule has 2 N–H and O–H groups in total. The predicted octanol–water partition coefficient (Wildman–Crippen LogP) is 0.699. The highest BCUT2D eigenvalue weighted by Gasteiger charge is 2.12. The van der Waals surface area contributed by atoms with Crippen LogP contribution in [0.15, 0.2) is 30.5 Å². The van der Waals surface area contributed by atoms with E-state index in [1.54, 1.807) is 6.92 Å². The van der Waals surface area contributed by atoms with E-state index in [1.807, 2.05) is 0 Å². The van der Waals surface area contributed by atoms with Crippen molar-refractivity contribution in [2.75, 3.05) is 6.54 Å². The van der Waals surface area contributed by atoms with Crippen LogP contribution < -0.4 is 10.1 Å². The van der Waals surface area contributed by atoms with Gasteiger partial charge in [-0.05, 0) is 31.2 Å². The van der Waals surface area contributed by atoms with Gasteiger partial charge in [-0.15, -0.1) is 5.10 Å². The van der Waals surface area contributed by atoms with E-state index in [2.05, 4.69) is 15.6 Å². The van der Waals surface area contributed by atoms with Crippen LogP contribution in [0.4, 0.5) is 4.39 Å². The topological polar surface area (TPSA) is 106 Å². The number of rotatable bonds is 7. The largest absolute Gasteiger partial charge is 0.489 e. The number of carboxylic acid groups (broad SMARTS) is 1. The van der Waals surface area contributed by atoms with Crippen molar-refractivity contribution in [3.05, 3.63) is 42.0 Å². The Labute approximate surface area is 130 Å². The minimum absolute atomic E-state index is 0.149. The highest BCUT2D eigenvalue weighted by atomic mass is 19.1. The molecule has 0 aliphatic carbocycles. The second-order valence-electron chi connectivity index (χ2n) is 4.79. The smallest absolute Gasteiger partial charge is 0.358 e. The molecule has 8 nitrogen and oxygen atoms in total. The molecule has 1 amide bonds. The summed E-state index contributed by atoms with van der Waals surface area (Å²) in [4.78, 5) is 22.4. The molecule has 9 heteroatoms. The van der Waals surface area contributed by atoms with Gasteiger partial charge in [-0.3, -0.25) is 4.79 Å². The monoisotopic (exact) mass is 322 g/mol. The molecule has 0 radical (unpaired) electrons. The van der Waals surface area contributed by atoms with Crippen LogP contribution in [-0.2, 0) is 11.3 Å². The van der Waals surface area contributed by atoms with Crippen LogP contribution in [0.3, 0.4) is 0 Å². The van der Waals surface area contributed by atoms with Gasteiger partial charge in [0.2, 0.25) is 5.91 Å². The number of halogens is 1. The third-order valence-electron chi connectivity index (χ3n) is 2.80. The Morgan fingerprint density at radius 2 is 2.09 bits per heavy atom. The van der Waals surface area contributed by atoms with Crippen molar-refractivity contribution < 1.29 is 23.8 Å². The van der Waals surface area contributed by atoms with Crippen LogP contribution >= 0.6 is 0 Å². The number of carboxylic acids is 1. The maximum atomic E-state index is 12.8. The number of ether oxygens (including phenoxy) is 1. The SMILES string of the molecule is CC(CNC(=O)Cn1cc(C(=O)O)nn1)Oc1ccc(F)cc1. The summed E-state index contributed by atoms with van der Waals surface area (Å²) in [6, 6.07) is 5.56. The number of amides is 1. The van der Waals surface area contributed by atoms with Crippen LogP contribution in [0.25, 0.3) is 0 Å². The lowest BCUT2D eigenvalue weighted by atomic mass is 10.3. The molecule has 2 aromatic rings. The number of benzene rings is 1. The molecule has 1 unspecified atom stereocenters. The molecule has 0 bridgehead atoms. The summed E-state index contributed by atoms with van der Waals surface area (Å²) in [6.07, 6.45) is 0.843. The number of hydrogen-bond acceptors (Lipinski definition) is 5. The first-order valence-corrected chi connectivity index (χ1v) is 6.76. The zero-order valence-electron chi connectivity index (χ0n) is 12.3. The van der Waals surface area contributed by atoms with Gasteiger partial charge in [0.1, 0.15) is 24.2 Å². The Morgan fingerprint density at radius 3 is 2.70 bits per heavy atom. The molecule has 1 atom stereocenters. The quantitative estimate of drug-likeness (QED) is 0.777. The Hall–Kier alpha value is -2.97. The zero-order valence-corrected chi connectivity index (χ0v) is 12.3. The van der Waals surface area contributed by atoms with Gasteiger partial charge < -0.3 is 15.2 Å². The number of nitrogens with one attached hydrogen (secondary N) is 1. The number of hydrogen-bond donors (Lipinski definition) is 2. The second-order valence-corrected chi connectivity index (χ2v) is 4.79. The second kappa shape index (κ2) is 7.34. The molecule has 0 aliphatic rings. The average Bonchev–Trinajstić information content (AvgIpc) is 2.96. The Morgan fingerprint density at radius 1 is 1.39 bits per heavy atom. The summed E-state index contributed by atoms with van der Waals surface area (Å²) < 4.78 is 19.4. The maximum Gasteiger partial charge on any atom is 0.358 e. The standard InChI is InChI=1S/C14H15FN4O4/c1-9(23-11-4-2-10(15)3-5-11)6-16-13(20)8-19-7-12(14(21)22)17-18-19/h2-5,7,9H,6,8H2,1H3,(H,16,20)(H,21,22). The summed E-state index contributed by atoms with van der Waals surface area (Å²) in [5, 5.41) is 18.3. The number of aromatic nitrogens is 3. The maximum absolute atomic E-state index is 12.8. The van der Waals surface area contributed by atoms with E-state index in [1.165, 1.54) is 30.5 Å². The Kier molecular flexibility index (Phi) is 5.23. The lowest BCUT2D eigenvalue weighted by molar-refractivity contribution is -0.122. The van der Waals surface area contributed by atoms with Crippen LogP contribution in [0.1, 0.15) is 17.4 Å². The molecule has 0 aliphatic heterocycles. The molecule has 23 heavy (non-hydrogen) atoms.